The smallest absolute Gasteiger partial charge is 0.311 e. The first-order valence-electron chi connectivity index (χ1n) is 5.80. The van der Waals surface area contributed by atoms with Gasteiger partial charge in [0, 0.05) is 9.35 Å². The van der Waals surface area contributed by atoms with Crippen LogP contribution in [-0.4, -0.2) is 17.7 Å². The largest absolute Gasteiger partial charge is 0.466 e. The molecule has 0 aliphatic rings. The molecule has 3 nitrogen and oxygen atoms in total. The summed E-state index contributed by atoms with van der Waals surface area (Å²) in [7, 11) is 0. The van der Waals surface area contributed by atoms with E-state index in [0.717, 1.165) is 10.9 Å². The van der Waals surface area contributed by atoms with Crippen molar-refractivity contribution < 1.29 is 14.6 Å². The Kier molecular flexibility index (Phi) is 6.63. The molecule has 1 aromatic rings. The molecule has 18 heavy (non-hydrogen) atoms. The standard InChI is InChI=1S/C12H16BrClO3S/c1-3-5-7(12(16)17-4-2)10(15)9-6-8(13)11(14)18-9/h6-7,10,15H,3-5H2,1-2H3. The maximum absolute atomic E-state index is 11.8. The summed E-state index contributed by atoms with van der Waals surface area (Å²) >= 11 is 10.5. The Hall–Kier alpha value is -0.100. The van der Waals surface area contributed by atoms with Crippen LogP contribution < -0.4 is 0 Å². The zero-order valence-corrected chi connectivity index (χ0v) is 13.4. The summed E-state index contributed by atoms with van der Waals surface area (Å²) < 4.78 is 6.31. The van der Waals surface area contributed by atoms with E-state index in [2.05, 4.69) is 15.9 Å². The van der Waals surface area contributed by atoms with E-state index in [1.165, 1.54) is 11.3 Å². The molecule has 2 atom stereocenters. The molecule has 0 aromatic carbocycles. The van der Waals surface area contributed by atoms with Gasteiger partial charge in [0.25, 0.3) is 0 Å². The molecule has 0 amide bonds. The van der Waals surface area contributed by atoms with Gasteiger partial charge in [-0.25, -0.2) is 0 Å². The van der Waals surface area contributed by atoms with Crippen LogP contribution in [0, 0.1) is 5.92 Å². The quantitative estimate of drug-likeness (QED) is 0.779. The number of hydrogen-bond acceptors (Lipinski definition) is 4. The molecule has 0 fully saturated rings. The highest BCUT2D eigenvalue weighted by molar-refractivity contribution is 9.10. The molecule has 1 aromatic heterocycles. The molecule has 0 radical (unpaired) electrons. The molecule has 1 rings (SSSR count). The molecule has 0 spiro atoms. The van der Waals surface area contributed by atoms with Gasteiger partial charge >= 0.3 is 5.97 Å². The molecule has 0 aliphatic carbocycles. The predicted octanol–water partition coefficient (Wildman–Crippen LogP) is 4.18. The van der Waals surface area contributed by atoms with Crippen LogP contribution in [0.15, 0.2) is 10.5 Å². The third-order valence-corrected chi connectivity index (χ3v) is 5.07. The summed E-state index contributed by atoms with van der Waals surface area (Å²) in [5, 5.41) is 10.3. The monoisotopic (exact) mass is 354 g/mol. The normalized spacial score (nSPS) is 14.3. The Balaban J connectivity index is 2.87. The Morgan fingerprint density at radius 2 is 2.28 bits per heavy atom. The first-order valence-corrected chi connectivity index (χ1v) is 7.79. The van der Waals surface area contributed by atoms with Gasteiger partial charge in [-0.05, 0) is 35.3 Å². The second-order valence-corrected chi connectivity index (χ2v) is 6.40. The minimum absolute atomic E-state index is 0.320. The SMILES string of the molecule is CCCC(C(=O)OCC)C(O)c1cc(Br)c(Cl)s1. The Labute approximate surface area is 124 Å². The van der Waals surface area contributed by atoms with Gasteiger partial charge in [0.2, 0.25) is 0 Å². The van der Waals surface area contributed by atoms with Gasteiger partial charge in [-0.1, -0.05) is 24.9 Å². The topological polar surface area (TPSA) is 46.5 Å². The molecule has 1 heterocycles. The van der Waals surface area contributed by atoms with Crippen molar-refractivity contribution in [2.75, 3.05) is 6.61 Å². The summed E-state index contributed by atoms with van der Waals surface area (Å²) in [6.45, 7) is 4.04. The first kappa shape index (κ1) is 16.0. The lowest BCUT2D eigenvalue weighted by Crippen LogP contribution is -2.24. The zero-order chi connectivity index (χ0) is 13.7. The minimum atomic E-state index is -0.863. The highest BCUT2D eigenvalue weighted by Gasteiger charge is 2.30. The number of thiophene rings is 1. The van der Waals surface area contributed by atoms with Crippen molar-refractivity contribution in [2.24, 2.45) is 5.92 Å². The lowest BCUT2D eigenvalue weighted by Gasteiger charge is -2.19. The molecule has 0 saturated carbocycles. The van der Waals surface area contributed by atoms with Gasteiger partial charge in [-0.15, -0.1) is 11.3 Å². The fraction of sp³-hybridized carbons (Fsp3) is 0.583. The van der Waals surface area contributed by atoms with E-state index < -0.39 is 12.0 Å². The number of aliphatic hydroxyl groups is 1. The minimum Gasteiger partial charge on any atom is -0.466 e. The van der Waals surface area contributed by atoms with Gasteiger partial charge in [0.15, 0.2) is 0 Å². The van der Waals surface area contributed by atoms with Gasteiger partial charge in [-0.3, -0.25) is 4.79 Å². The van der Waals surface area contributed by atoms with Gasteiger partial charge in [-0.2, -0.15) is 0 Å². The van der Waals surface area contributed by atoms with Crippen molar-refractivity contribution in [2.45, 2.75) is 32.8 Å². The summed E-state index contributed by atoms with van der Waals surface area (Å²) in [5.41, 5.74) is 0. The highest BCUT2D eigenvalue weighted by Crippen LogP contribution is 2.38. The summed E-state index contributed by atoms with van der Waals surface area (Å²) in [6, 6.07) is 1.75. The number of rotatable bonds is 6. The van der Waals surface area contributed by atoms with Crippen molar-refractivity contribution in [3.05, 3.63) is 19.8 Å². The number of esters is 1. The number of hydrogen-bond donors (Lipinski definition) is 1. The van der Waals surface area contributed by atoms with Crippen LogP contribution in [0.25, 0.3) is 0 Å². The Morgan fingerprint density at radius 3 is 2.72 bits per heavy atom. The Morgan fingerprint density at radius 1 is 1.61 bits per heavy atom. The van der Waals surface area contributed by atoms with Crippen molar-refractivity contribution >= 4 is 44.8 Å². The Bertz CT molecular complexity index is 389. The third-order valence-electron chi connectivity index (χ3n) is 2.53. The molecule has 2 unspecified atom stereocenters. The molecule has 0 aliphatic heterocycles. The van der Waals surface area contributed by atoms with E-state index in [1.54, 1.807) is 13.0 Å². The number of halogens is 2. The second kappa shape index (κ2) is 7.48. The van der Waals surface area contributed by atoms with Crippen LogP contribution in [0.1, 0.15) is 37.7 Å². The van der Waals surface area contributed by atoms with E-state index in [4.69, 9.17) is 16.3 Å². The molecule has 1 N–H and O–H groups in total. The van der Waals surface area contributed by atoms with Crippen molar-refractivity contribution in [1.82, 2.24) is 0 Å². The fourth-order valence-corrected chi connectivity index (χ4v) is 3.46. The van der Waals surface area contributed by atoms with Crippen molar-refractivity contribution in [3.63, 3.8) is 0 Å². The van der Waals surface area contributed by atoms with Crippen molar-refractivity contribution in [3.8, 4) is 0 Å². The molecule has 102 valence electrons. The molecule has 0 saturated heterocycles. The van der Waals surface area contributed by atoms with Crippen LogP contribution in [0.5, 0.6) is 0 Å². The van der Waals surface area contributed by atoms with E-state index in [0.29, 0.717) is 22.2 Å². The maximum atomic E-state index is 11.8. The van der Waals surface area contributed by atoms with Gasteiger partial charge in [0.05, 0.1) is 12.5 Å². The third kappa shape index (κ3) is 3.95. The van der Waals surface area contributed by atoms with Crippen LogP contribution in [0.2, 0.25) is 4.34 Å². The maximum Gasteiger partial charge on any atom is 0.311 e. The summed E-state index contributed by atoms with van der Waals surface area (Å²) in [4.78, 5) is 12.5. The highest BCUT2D eigenvalue weighted by atomic mass is 79.9. The van der Waals surface area contributed by atoms with Crippen LogP contribution in [0.4, 0.5) is 0 Å². The van der Waals surface area contributed by atoms with Gasteiger partial charge in [0.1, 0.15) is 10.4 Å². The van der Waals surface area contributed by atoms with E-state index in [1.807, 2.05) is 6.92 Å². The molecular weight excluding hydrogens is 340 g/mol. The van der Waals surface area contributed by atoms with Gasteiger partial charge < -0.3 is 9.84 Å². The number of aliphatic hydroxyl groups excluding tert-OH is 1. The van der Waals surface area contributed by atoms with E-state index in [-0.39, 0.29) is 5.97 Å². The van der Waals surface area contributed by atoms with Crippen molar-refractivity contribution in [1.29, 1.82) is 0 Å². The second-order valence-electron chi connectivity index (χ2n) is 3.86. The number of carbonyl (C=O) groups is 1. The molecule has 0 bridgehead atoms. The zero-order valence-electron chi connectivity index (χ0n) is 10.3. The summed E-state index contributed by atoms with van der Waals surface area (Å²) in [6.07, 6.45) is 0.534. The molecule has 6 heteroatoms. The molecular formula is C12H16BrClO3S. The fourth-order valence-electron chi connectivity index (χ4n) is 1.67. The van der Waals surface area contributed by atoms with Crippen LogP contribution in [-0.2, 0) is 9.53 Å². The van der Waals surface area contributed by atoms with E-state index >= 15 is 0 Å². The lowest BCUT2D eigenvalue weighted by atomic mass is 9.96. The lowest BCUT2D eigenvalue weighted by molar-refractivity contribution is -0.152. The van der Waals surface area contributed by atoms with Crippen LogP contribution in [0.3, 0.4) is 0 Å². The van der Waals surface area contributed by atoms with Crippen LogP contribution >= 0.6 is 38.9 Å². The predicted molar refractivity (Wildman–Crippen MR) is 77.0 cm³/mol. The average Bonchev–Trinajstić information content (AvgIpc) is 2.66. The summed E-state index contributed by atoms with van der Waals surface area (Å²) in [5.74, 6) is -0.885. The first-order chi connectivity index (χ1) is 8.51. The average molecular weight is 356 g/mol. The number of ether oxygens (including phenoxy) is 1. The number of carbonyl (C=O) groups excluding carboxylic acids is 1. The van der Waals surface area contributed by atoms with E-state index in [9.17, 15) is 9.90 Å².